The first kappa shape index (κ1) is 12.0. The molecule has 14 heavy (non-hydrogen) atoms. The number of nitrogens with two attached hydrogens (primary N) is 2. The van der Waals surface area contributed by atoms with Crippen molar-refractivity contribution >= 4 is 37.5 Å². The van der Waals surface area contributed by atoms with Crippen LogP contribution in [0.15, 0.2) is 21.1 Å². The molecule has 0 radical (unpaired) electrons. The van der Waals surface area contributed by atoms with E-state index in [1.54, 1.807) is 0 Å². The van der Waals surface area contributed by atoms with Crippen molar-refractivity contribution in [1.29, 1.82) is 0 Å². The summed E-state index contributed by atoms with van der Waals surface area (Å²) in [5, 5.41) is 0. The molecule has 1 aromatic carbocycles. The second kappa shape index (κ2) is 5.14. The van der Waals surface area contributed by atoms with Crippen molar-refractivity contribution < 1.29 is 0 Å². The molecule has 0 aliphatic heterocycles. The van der Waals surface area contributed by atoms with Crippen LogP contribution in [0.5, 0.6) is 0 Å². The van der Waals surface area contributed by atoms with Crippen LogP contribution in [0.25, 0.3) is 0 Å². The van der Waals surface area contributed by atoms with Crippen LogP contribution in [0.1, 0.15) is 31.4 Å². The molecule has 0 aliphatic carbocycles. The van der Waals surface area contributed by atoms with Crippen LogP contribution in [0.3, 0.4) is 0 Å². The molecule has 0 bridgehead atoms. The predicted molar refractivity (Wildman–Crippen MR) is 68.1 cm³/mol. The average Bonchev–Trinajstić information content (AvgIpc) is 2.13. The molecule has 4 N–H and O–H groups in total. The van der Waals surface area contributed by atoms with Gasteiger partial charge in [-0.15, -0.1) is 0 Å². The highest BCUT2D eigenvalue weighted by molar-refractivity contribution is 9.11. The summed E-state index contributed by atoms with van der Waals surface area (Å²) in [6, 6.07) is 4.06. The maximum absolute atomic E-state index is 6.01. The number of hydrogen-bond donors (Lipinski definition) is 2. The summed E-state index contributed by atoms with van der Waals surface area (Å²) in [5.41, 5.74) is 13.6. The normalized spacial score (nSPS) is 12.9. The number of nitrogen functional groups attached to an aromatic ring is 1. The van der Waals surface area contributed by atoms with Gasteiger partial charge in [0.1, 0.15) is 0 Å². The lowest BCUT2D eigenvalue weighted by Crippen LogP contribution is -2.10. The fourth-order valence-corrected chi connectivity index (χ4v) is 2.52. The van der Waals surface area contributed by atoms with Crippen molar-refractivity contribution in [3.63, 3.8) is 0 Å². The van der Waals surface area contributed by atoms with Crippen LogP contribution < -0.4 is 11.5 Å². The van der Waals surface area contributed by atoms with Gasteiger partial charge in [0.05, 0.1) is 5.69 Å². The van der Waals surface area contributed by atoms with Crippen LogP contribution >= 0.6 is 31.9 Å². The molecule has 0 fully saturated rings. The van der Waals surface area contributed by atoms with E-state index in [1.165, 1.54) is 0 Å². The Morgan fingerprint density at radius 1 is 1.29 bits per heavy atom. The van der Waals surface area contributed by atoms with Gasteiger partial charge in [-0.3, -0.25) is 0 Å². The van der Waals surface area contributed by atoms with Crippen molar-refractivity contribution in [2.24, 2.45) is 5.73 Å². The molecule has 0 amide bonds. The Balaban J connectivity index is 3.00. The Morgan fingerprint density at radius 3 is 2.21 bits per heavy atom. The van der Waals surface area contributed by atoms with Crippen LogP contribution in [0, 0.1) is 0 Å². The lowest BCUT2D eigenvalue weighted by atomic mass is 10.0. The van der Waals surface area contributed by atoms with Crippen molar-refractivity contribution in [1.82, 2.24) is 0 Å². The Bertz CT molecular complexity index is 303. The van der Waals surface area contributed by atoms with Crippen molar-refractivity contribution in [3.8, 4) is 0 Å². The second-order valence-electron chi connectivity index (χ2n) is 3.29. The molecule has 0 unspecified atom stereocenters. The Morgan fingerprint density at radius 2 is 1.79 bits per heavy atom. The number of rotatable bonds is 3. The highest BCUT2D eigenvalue weighted by Crippen LogP contribution is 2.32. The lowest BCUT2D eigenvalue weighted by molar-refractivity contribution is 0.638. The van der Waals surface area contributed by atoms with Crippen molar-refractivity contribution in [2.45, 2.75) is 25.8 Å². The summed E-state index contributed by atoms with van der Waals surface area (Å²) in [6.07, 6.45) is 2.07. The predicted octanol–water partition coefficient (Wildman–Crippen LogP) is 3.59. The number of anilines is 1. The summed E-state index contributed by atoms with van der Waals surface area (Å²) in [6.45, 7) is 2.13. The third-order valence-electron chi connectivity index (χ3n) is 2.13. The standard InChI is InChI=1S/C10H14Br2N2/c1-2-3-9(13)6-4-7(11)10(14)8(12)5-6/h4-5,9H,2-3,13-14H2,1H3/t9-/m0/s1. The molecule has 78 valence electrons. The molecule has 0 aliphatic rings. The Kier molecular flexibility index (Phi) is 4.41. The molecule has 1 rings (SSSR count). The largest absolute Gasteiger partial charge is 0.397 e. The first-order valence-electron chi connectivity index (χ1n) is 4.56. The van der Waals surface area contributed by atoms with E-state index < -0.39 is 0 Å². The summed E-state index contributed by atoms with van der Waals surface area (Å²) in [5.74, 6) is 0. The summed E-state index contributed by atoms with van der Waals surface area (Å²) >= 11 is 6.81. The average molecular weight is 322 g/mol. The van der Waals surface area contributed by atoms with E-state index in [4.69, 9.17) is 11.5 Å². The fourth-order valence-electron chi connectivity index (χ4n) is 1.30. The van der Waals surface area contributed by atoms with Crippen molar-refractivity contribution in [2.75, 3.05) is 5.73 Å². The summed E-state index contributed by atoms with van der Waals surface area (Å²) < 4.78 is 1.79. The van der Waals surface area contributed by atoms with Crippen LogP contribution in [-0.2, 0) is 0 Å². The highest BCUT2D eigenvalue weighted by atomic mass is 79.9. The lowest BCUT2D eigenvalue weighted by Gasteiger charge is -2.13. The summed E-state index contributed by atoms with van der Waals surface area (Å²) in [7, 11) is 0. The van der Waals surface area contributed by atoms with E-state index in [9.17, 15) is 0 Å². The van der Waals surface area contributed by atoms with Gasteiger partial charge in [-0.1, -0.05) is 13.3 Å². The number of hydrogen-bond acceptors (Lipinski definition) is 2. The van der Waals surface area contributed by atoms with Gasteiger partial charge in [-0.05, 0) is 56.0 Å². The third kappa shape index (κ3) is 2.72. The maximum atomic E-state index is 6.01. The van der Waals surface area contributed by atoms with Crippen LogP contribution in [0.2, 0.25) is 0 Å². The number of halogens is 2. The van der Waals surface area contributed by atoms with Gasteiger partial charge >= 0.3 is 0 Å². The molecule has 2 nitrogen and oxygen atoms in total. The molecule has 0 saturated heterocycles. The zero-order chi connectivity index (χ0) is 10.7. The Hall–Kier alpha value is -0.0600. The van der Waals surface area contributed by atoms with Gasteiger partial charge < -0.3 is 11.5 Å². The van der Waals surface area contributed by atoms with E-state index in [0.717, 1.165) is 33.0 Å². The molecule has 0 heterocycles. The molecule has 0 spiro atoms. The Labute approximate surface area is 101 Å². The summed E-state index contributed by atoms with van der Waals surface area (Å²) in [4.78, 5) is 0. The highest BCUT2D eigenvalue weighted by Gasteiger charge is 2.09. The topological polar surface area (TPSA) is 52.0 Å². The van der Waals surface area contributed by atoms with Gasteiger partial charge in [0, 0.05) is 15.0 Å². The first-order valence-corrected chi connectivity index (χ1v) is 6.14. The van der Waals surface area contributed by atoms with E-state index in [0.29, 0.717) is 0 Å². The van der Waals surface area contributed by atoms with Gasteiger partial charge in [-0.2, -0.15) is 0 Å². The smallest absolute Gasteiger partial charge is 0.0603 e. The number of benzene rings is 1. The molecule has 0 aromatic heterocycles. The zero-order valence-corrected chi connectivity index (χ0v) is 11.2. The second-order valence-corrected chi connectivity index (χ2v) is 5.00. The first-order chi connectivity index (χ1) is 6.56. The SMILES string of the molecule is CCC[C@H](N)c1cc(Br)c(N)c(Br)c1. The van der Waals surface area contributed by atoms with E-state index >= 15 is 0 Å². The van der Waals surface area contributed by atoms with Gasteiger partial charge in [-0.25, -0.2) is 0 Å². The zero-order valence-electron chi connectivity index (χ0n) is 8.06. The van der Waals surface area contributed by atoms with Crippen LogP contribution in [0.4, 0.5) is 5.69 Å². The van der Waals surface area contributed by atoms with Gasteiger partial charge in [0.25, 0.3) is 0 Å². The minimum atomic E-state index is 0.0909. The van der Waals surface area contributed by atoms with Crippen molar-refractivity contribution in [3.05, 3.63) is 26.6 Å². The molecule has 1 aromatic rings. The minimum Gasteiger partial charge on any atom is -0.397 e. The molecule has 4 heteroatoms. The minimum absolute atomic E-state index is 0.0909. The molecular weight excluding hydrogens is 308 g/mol. The molecule has 0 saturated carbocycles. The van der Waals surface area contributed by atoms with E-state index in [2.05, 4.69) is 38.8 Å². The van der Waals surface area contributed by atoms with E-state index in [1.807, 2.05) is 12.1 Å². The van der Waals surface area contributed by atoms with Gasteiger partial charge in [0.15, 0.2) is 0 Å². The van der Waals surface area contributed by atoms with Crippen LogP contribution in [-0.4, -0.2) is 0 Å². The maximum Gasteiger partial charge on any atom is 0.0603 e. The molecule has 1 atom stereocenters. The van der Waals surface area contributed by atoms with Gasteiger partial charge in [0.2, 0.25) is 0 Å². The monoisotopic (exact) mass is 320 g/mol. The van der Waals surface area contributed by atoms with E-state index in [-0.39, 0.29) is 6.04 Å². The fraction of sp³-hybridized carbons (Fsp3) is 0.400. The molecular formula is C10H14Br2N2. The quantitative estimate of drug-likeness (QED) is 0.836. The third-order valence-corrected chi connectivity index (χ3v) is 3.44.